The quantitative estimate of drug-likeness (QED) is 0.156. The molecule has 4 nitrogen and oxygen atoms in total. The number of furan rings is 2. The SMILES string of the molecule is c1cc[c]([Ge]([c]2ccccc2)([c]2cccc3c2oc2c(-n4c5ccccc5c5ccccc54)cccc23)[c]2cccc3c2oc2c(-n4c5ccccc5c5ccccc54)cccc23)cc1. The summed E-state index contributed by atoms with van der Waals surface area (Å²) in [6.45, 7) is 0. The summed E-state index contributed by atoms with van der Waals surface area (Å²) >= 11 is -4.14. The molecule has 5 heteroatoms. The molecule has 0 fully saturated rings. The Kier molecular flexibility index (Phi) is 7.83. The average molecular weight is 892 g/mol. The molecule has 4 heterocycles. The molecule has 0 aliphatic carbocycles. The van der Waals surface area contributed by atoms with Crippen LogP contribution in [-0.4, -0.2) is 22.4 Å². The maximum atomic E-state index is 7.52. The van der Waals surface area contributed by atoms with Gasteiger partial charge in [0.05, 0.1) is 0 Å². The van der Waals surface area contributed by atoms with E-state index in [1.165, 1.54) is 39.1 Å². The second-order valence-corrected chi connectivity index (χ2v) is 24.9. The summed E-state index contributed by atoms with van der Waals surface area (Å²) in [5, 5.41) is 9.28. The Labute approximate surface area is 376 Å². The van der Waals surface area contributed by atoms with E-state index < -0.39 is 13.3 Å². The zero-order valence-corrected chi connectivity index (χ0v) is 37.2. The molecule has 0 aliphatic heterocycles. The molecular weight excluding hydrogens is 853 g/mol. The molecule has 0 radical (unpaired) electrons. The van der Waals surface area contributed by atoms with Gasteiger partial charge in [-0.05, 0) is 0 Å². The Morgan fingerprint density at radius 3 is 0.908 bits per heavy atom. The number of hydrogen-bond donors (Lipinski definition) is 0. The van der Waals surface area contributed by atoms with Crippen LogP contribution in [0.5, 0.6) is 0 Å². The molecule has 4 aromatic heterocycles. The summed E-state index contributed by atoms with van der Waals surface area (Å²) in [7, 11) is 0. The van der Waals surface area contributed by atoms with Crippen molar-refractivity contribution in [2.75, 3.05) is 0 Å². The molecule has 0 amide bonds. The number of aromatic nitrogens is 2. The van der Waals surface area contributed by atoms with E-state index in [1.54, 1.807) is 0 Å². The minimum absolute atomic E-state index is 0.872. The molecule has 65 heavy (non-hydrogen) atoms. The predicted molar refractivity (Wildman–Crippen MR) is 273 cm³/mol. The summed E-state index contributed by atoms with van der Waals surface area (Å²) in [5.74, 6) is 0. The molecule has 0 spiro atoms. The van der Waals surface area contributed by atoms with Crippen LogP contribution in [0.3, 0.4) is 0 Å². The Hall–Kier alpha value is -8.06. The van der Waals surface area contributed by atoms with Crippen molar-refractivity contribution in [2.24, 2.45) is 0 Å². The second kappa shape index (κ2) is 14.0. The molecule has 0 bridgehead atoms. The van der Waals surface area contributed by atoms with Gasteiger partial charge in [-0.25, -0.2) is 0 Å². The molecular formula is C60H38GeN2O2. The van der Waals surface area contributed by atoms with Gasteiger partial charge in [-0.1, -0.05) is 0 Å². The van der Waals surface area contributed by atoms with E-state index in [1.807, 2.05) is 0 Å². The van der Waals surface area contributed by atoms with Crippen LogP contribution in [0, 0.1) is 0 Å². The third-order valence-electron chi connectivity index (χ3n) is 13.9. The predicted octanol–water partition coefficient (Wildman–Crippen LogP) is 13.1. The van der Waals surface area contributed by atoms with Crippen molar-refractivity contribution in [3.63, 3.8) is 0 Å². The van der Waals surface area contributed by atoms with Crippen molar-refractivity contribution in [3.05, 3.63) is 231 Å². The van der Waals surface area contributed by atoms with Crippen LogP contribution >= 0.6 is 0 Å². The monoisotopic (exact) mass is 892 g/mol. The molecule has 0 unspecified atom stereocenters. The fraction of sp³-hybridized carbons (Fsp3) is 0. The van der Waals surface area contributed by atoms with Crippen molar-refractivity contribution < 1.29 is 8.83 Å². The first-order valence-electron chi connectivity index (χ1n) is 22.3. The number of para-hydroxylation sites is 8. The van der Waals surface area contributed by atoms with Gasteiger partial charge in [0.1, 0.15) is 0 Å². The van der Waals surface area contributed by atoms with Crippen molar-refractivity contribution >= 4 is 118 Å². The number of fused-ring (bicyclic) bond motifs is 12. The van der Waals surface area contributed by atoms with Gasteiger partial charge in [0.15, 0.2) is 0 Å². The van der Waals surface area contributed by atoms with Crippen molar-refractivity contribution in [1.82, 2.24) is 9.13 Å². The van der Waals surface area contributed by atoms with Gasteiger partial charge in [0.25, 0.3) is 0 Å². The van der Waals surface area contributed by atoms with Crippen LogP contribution in [0.4, 0.5) is 0 Å². The Bertz CT molecular complexity index is 3810. The van der Waals surface area contributed by atoms with E-state index in [4.69, 9.17) is 8.83 Å². The van der Waals surface area contributed by atoms with E-state index in [2.05, 4.69) is 240 Å². The molecule has 304 valence electrons. The van der Waals surface area contributed by atoms with E-state index >= 15 is 0 Å². The van der Waals surface area contributed by atoms with Crippen molar-refractivity contribution in [1.29, 1.82) is 0 Å². The Balaban J connectivity index is 1.10. The van der Waals surface area contributed by atoms with Gasteiger partial charge >= 0.3 is 378 Å². The van der Waals surface area contributed by atoms with Gasteiger partial charge in [0, 0.05) is 0 Å². The fourth-order valence-electron chi connectivity index (χ4n) is 11.2. The summed E-state index contributed by atoms with van der Waals surface area (Å²) in [5.41, 5.74) is 10.2. The number of hydrogen-bond acceptors (Lipinski definition) is 2. The topological polar surface area (TPSA) is 36.1 Å². The second-order valence-electron chi connectivity index (χ2n) is 17.1. The van der Waals surface area contributed by atoms with Crippen LogP contribution in [0.15, 0.2) is 239 Å². The zero-order chi connectivity index (χ0) is 42.6. The van der Waals surface area contributed by atoms with Crippen molar-refractivity contribution in [3.8, 4) is 11.4 Å². The molecule has 0 saturated carbocycles. The maximum absolute atomic E-state index is 7.52. The minimum atomic E-state index is -4.14. The van der Waals surface area contributed by atoms with E-state index in [0.29, 0.717) is 0 Å². The average Bonchev–Trinajstić information content (AvgIpc) is 4.14. The van der Waals surface area contributed by atoms with E-state index in [-0.39, 0.29) is 0 Å². The fourth-order valence-corrected chi connectivity index (χ4v) is 21.7. The molecule has 10 aromatic carbocycles. The molecule has 0 atom stereocenters. The van der Waals surface area contributed by atoms with Gasteiger partial charge in [-0.3, -0.25) is 0 Å². The summed E-state index contributed by atoms with van der Waals surface area (Å²) in [4.78, 5) is 0. The first kappa shape index (κ1) is 36.4. The normalized spacial score (nSPS) is 12.3. The van der Waals surface area contributed by atoms with E-state index in [0.717, 1.165) is 77.3 Å². The Morgan fingerprint density at radius 2 is 0.538 bits per heavy atom. The van der Waals surface area contributed by atoms with Gasteiger partial charge in [-0.2, -0.15) is 0 Å². The standard InChI is InChI=1S/C60H38GeN2O2/c1-3-19-39(20-4-1)61(40-21-5-2-6-22-40,49-31-15-27-45-47-29-17-37-55(59(47)64-57(45)49)62-51-33-11-7-23-41(51)42-24-8-12-34-52(42)62)50-32-16-28-46-48-30-18-38-56(60(48)65-58(46)50)63-53-35-13-9-25-43(53)44-26-10-14-36-54(44)63/h1-38H. The van der Waals surface area contributed by atoms with Crippen LogP contribution in [0.2, 0.25) is 0 Å². The number of rotatable bonds is 6. The van der Waals surface area contributed by atoms with Crippen LogP contribution in [0.25, 0.3) is 98.9 Å². The van der Waals surface area contributed by atoms with Crippen LogP contribution < -0.4 is 17.6 Å². The van der Waals surface area contributed by atoms with Crippen LogP contribution in [-0.2, 0) is 0 Å². The van der Waals surface area contributed by atoms with E-state index in [9.17, 15) is 0 Å². The van der Waals surface area contributed by atoms with Gasteiger partial charge in [0.2, 0.25) is 0 Å². The molecule has 0 N–H and O–H groups in total. The summed E-state index contributed by atoms with van der Waals surface area (Å²) < 4.78 is 24.8. The summed E-state index contributed by atoms with van der Waals surface area (Å²) in [6.07, 6.45) is 0. The van der Waals surface area contributed by atoms with Crippen LogP contribution in [0.1, 0.15) is 0 Å². The first-order valence-corrected chi connectivity index (χ1v) is 26.5. The molecule has 0 aliphatic rings. The molecule has 0 saturated heterocycles. The van der Waals surface area contributed by atoms with Crippen molar-refractivity contribution in [2.45, 2.75) is 0 Å². The van der Waals surface area contributed by atoms with Gasteiger partial charge < -0.3 is 0 Å². The molecule has 14 rings (SSSR count). The molecule has 14 aromatic rings. The third-order valence-corrected chi connectivity index (χ3v) is 23.9. The first-order chi connectivity index (χ1) is 32.3. The third kappa shape index (κ3) is 5.03. The van der Waals surface area contributed by atoms with Gasteiger partial charge in [-0.15, -0.1) is 0 Å². The zero-order valence-electron chi connectivity index (χ0n) is 35.2. The number of nitrogens with zero attached hydrogens (tertiary/aromatic N) is 2. The summed E-state index contributed by atoms with van der Waals surface area (Å²) in [6, 6.07) is 84.0. The number of benzene rings is 10. The Morgan fingerprint density at radius 1 is 0.246 bits per heavy atom.